The lowest BCUT2D eigenvalue weighted by molar-refractivity contribution is 1.36. The Labute approximate surface area is 95.9 Å². The molecule has 0 bridgehead atoms. The molecule has 0 aromatic heterocycles. The number of rotatable bonds is 2. The van der Waals surface area contributed by atoms with Gasteiger partial charge in [0.25, 0.3) is 0 Å². The van der Waals surface area contributed by atoms with Gasteiger partial charge in [-0.3, -0.25) is 0 Å². The van der Waals surface area contributed by atoms with Gasteiger partial charge in [0, 0.05) is 13.7 Å². The predicted molar refractivity (Wildman–Crippen MR) is 73.0 cm³/mol. The van der Waals surface area contributed by atoms with E-state index in [1.54, 1.807) is 0 Å². The van der Waals surface area contributed by atoms with Crippen LogP contribution in [0.2, 0.25) is 19.6 Å². The van der Waals surface area contributed by atoms with Gasteiger partial charge in [0.1, 0.15) is 0 Å². The van der Waals surface area contributed by atoms with E-state index in [2.05, 4.69) is 52.5 Å². The molecule has 0 aliphatic carbocycles. The van der Waals surface area contributed by atoms with Gasteiger partial charge in [-0.1, -0.05) is 17.7 Å². The Hall–Kier alpha value is -0.463. The van der Waals surface area contributed by atoms with Crippen molar-refractivity contribution < 1.29 is 0 Å². The minimum absolute atomic E-state index is 1.16. The van der Waals surface area contributed by atoms with E-state index in [0.29, 0.717) is 0 Å². The van der Waals surface area contributed by atoms with Crippen LogP contribution in [0.1, 0.15) is 16.7 Å². The zero-order valence-corrected chi connectivity index (χ0v) is 12.4. The van der Waals surface area contributed by atoms with Crippen LogP contribution in [0, 0.1) is 20.8 Å². The van der Waals surface area contributed by atoms with Crippen molar-refractivity contribution in [1.82, 2.24) is 0 Å². The Morgan fingerprint density at radius 1 is 1.00 bits per heavy atom. The average molecular weight is 237 g/mol. The molecule has 0 N–H and O–H groups in total. The second kappa shape index (κ2) is 4.59. The van der Waals surface area contributed by atoms with Crippen LogP contribution in [0.3, 0.4) is 0 Å². The second-order valence-electron chi connectivity index (χ2n) is 5.12. The lowest BCUT2D eigenvalue weighted by Crippen LogP contribution is -2.15. The van der Waals surface area contributed by atoms with E-state index in [-0.39, 0.29) is 0 Å². The van der Waals surface area contributed by atoms with Crippen LogP contribution in [0.25, 0.3) is 0 Å². The van der Waals surface area contributed by atoms with Crippen LogP contribution >= 0.6 is 8.37 Å². The van der Waals surface area contributed by atoms with E-state index in [0.717, 1.165) is 8.37 Å². The molecular weight excluding hydrogens is 217 g/mol. The minimum Gasteiger partial charge on any atom is -0.302 e. The van der Waals surface area contributed by atoms with Gasteiger partial charge in [0.2, 0.25) is 0 Å². The summed E-state index contributed by atoms with van der Waals surface area (Å²) in [5.41, 5.74) is 4.09. The molecule has 0 heterocycles. The van der Waals surface area contributed by atoms with E-state index in [9.17, 15) is 0 Å². The standard InChI is InChI=1S/C12H20NPSi/c1-9-7-10(2)12(11(3)8-9)14-13-15(4,5)6/h7-8H,1-6H3. The molecule has 0 amide bonds. The van der Waals surface area contributed by atoms with E-state index < -0.39 is 8.24 Å². The normalized spacial score (nSPS) is 12.4. The smallest absolute Gasteiger partial charge is 0.178 e. The monoisotopic (exact) mass is 237 g/mol. The highest BCUT2D eigenvalue weighted by Gasteiger charge is 2.11. The number of benzene rings is 1. The summed E-state index contributed by atoms with van der Waals surface area (Å²) in [6, 6.07) is 4.49. The molecule has 1 aromatic rings. The number of aryl methyl sites for hydroxylation is 3. The Balaban J connectivity index is 3.11. The SMILES string of the molecule is Cc1cc(C)c(P=N[Si](C)(C)C)c(C)c1. The number of hydrogen-bond donors (Lipinski definition) is 0. The largest absolute Gasteiger partial charge is 0.302 e. The van der Waals surface area contributed by atoms with Gasteiger partial charge in [-0.25, -0.2) is 0 Å². The van der Waals surface area contributed by atoms with E-state index in [4.69, 9.17) is 4.41 Å². The third-order valence-corrected chi connectivity index (χ3v) is 5.79. The van der Waals surface area contributed by atoms with E-state index in [1.165, 1.54) is 22.0 Å². The molecule has 0 aliphatic heterocycles. The van der Waals surface area contributed by atoms with Crippen molar-refractivity contribution in [3.05, 3.63) is 28.8 Å². The molecular formula is C12H20NPSi. The maximum absolute atomic E-state index is 4.79. The summed E-state index contributed by atoms with van der Waals surface area (Å²) < 4.78 is 4.79. The maximum atomic E-state index is 4.79. The molecule has 0 spiro atoms. The second-order valence-corrected chi connectivity index (χ2v) is 10.9. The molecule has 0 fully saturated rings. The predicted octanol–water partition coefficient (Wildman–Crippen LogP) is 4.20. The Morgan fingerprint density at radius 3 is 1.87 bits per heavy atom. The molecule has 1 aromatic carbocycles. The van der Waals surface area contributed by atoms with Crippen LogP contribution in [0.15, 0.2) is 16.5 Å². The summed E-state index contributed by atoms with van der Waals surface area (Å²) in [5.74, 6) is 0. The Bertz CT molecular complexity index is 368. The van der Waals surface area contributed by atoms with Gasteiger partial charge in [0.05, 0.1) is 0 Å². The quantitative estimate of drug-likeness (QED) is 0.540. The summed E-state index contributed by atoms with van der Waals surface area (Å²) in [4.78, 5) is 0. The van der Waals surface area contributed by atoms with Crippen molar-refractivity contribution in [2.24, 2.45) is 4.41 Å². The van der Waals surface area contributed by atoms with Crippen molar-refractivity contribution in [3.8, 4) is 0 Å². The van der Waals surface area contributed by atoms with Gasteiger partial charge in [-0.05, 0) is 51.5 Å². The first kappa shape index (κ1) is 12.6. The summed E-state index contributed by atoms with van der Waals surface area (Å²) in [7, 11) is -0.130. The van der Waals surface area contributed by atoms with Crippen molar-refractivity contribution >= 4 is 21.9 Å². The van der Waals surface area contributed by atoms with Crippen LogP contribution in [-0.4, -0.2) is 8.24 Å². The summed E-state index contributed by atoms with van der Waals surface area (Å²) >= 11 is 0. The minimum atomic E-state index is -1.29. The third-order valence-electron chi connectivity index (χ3n) is 2.09. The molecule has 0 unspecified atom stereocenters. The lowest BCUT2D eigenvalue weighted by atomic mass is 10.1. The Kier molecular flexibility index (Phi) is 3.85. The maximum Gasteiger partial charge on any atom is 0.178 e. The van der Waals surface area contributed by atoms with Crippen molar-refractivity contribution in [3.63, 3.8) is 0 Å². The van der Waals surface area contributed by atoms with Crippen molar-refractivity contribution in [2.45, 2.75) is 40.4 Å². The molecule has 0 radical (unpaired) electrons. The zero-order chi connectivity index (χ0) is 11.6. The van der Waals surface area contributed by atoms with E-state index in [1.807, 2.05) is 0 Å². The summed E-state index contributed by atoms with van der Waals surface area (Å²) in [6.07, 6.45) is 0. The van der Waals surface area contributed by atoms with Crippen LogP contribution in [-0.2, 0) is 0 Å². The van der Waals surface area contributed by atoms with Crippen molar-refractivity contribution in [2.75, 3.05) is 0 Å². The van der Waals surface area contributed by atoms with E-state index >= 15 is 0 Å². The first-order valence-electron chi connectivity index (χ1n) is 5.30. The third kappa shape index (κ3) is 3.88. The summed E-state index contributed by atoms with van der Waals surface area (Å²) in [6.45, 7) is 13.3. The number of hydrogen-bond acceptors (Lipinski definition) is 1. The molecule has 3 heteroatoms. The van der Waals surface area contributed by atoms with Crippen molar-refractivity contribution in [1.29, 1.82) is 0 Å². The highest BCUT2D eigenvalue weighted by molar-refractivity contribution is 7.39. The molecule has 0 atom stereocenters. The summed E-state index contributed by atoms with van der Waals surface area (Å²) in [5, 5.41) is 1.39. The van der Waals surface area contributed by atoms with Crippen LogP contribution in [0.5, 0.6) is 0 Å². The number of nitrogens with zero attached hydrogens (tertiary/aromatic N) is 1. The Morgan fingerprint density at radius 2 is 1.47 bits per heavy atom. The topological polar surface area (TPSA) is 12.4 Å². The van der Waals surface area contributed by atoms with Gasteiger partial charge in [-0.15, -0.1) is 0 Å². The average Bonchev–Trinajstić information content (AvgIpc) is 1.99. The van der Waals surface area contributed by atoms with Gasteiger partial charge < -0.3 is 4.41 Å². The molecule has 1 nitrogen and oxygen atoms in total. The molecule has 1 rings (SSSR count). The van der Waals surface area contributed by atoms with Gasteiger partial charge in [0.15, 0.2) is 8.24 Å². The molecule has 0 saturated carbocycles. The van der Waals surface area contributed by atoms with Crippen LogP contribution < -0.4 is 5.30 Å². The fourth-order valence-electron chi connectivity index (χ4n) is 1.53. The van der Waals surface area contributed by atoms with Gasteiger partial charge in [-0.2, -0.15) is 0 Å². The lowest BCUT2D eigenvalue weighted by Gasteiger charge is -2.10. The highest BCUT2D eigenvalue weighted by atomic mass is 31.1. The fourth-order valence-corrected chi connectivity index (χ4v) is 3.57. The zero-order valence-electron chi connectivity index (χ0n) is 10.5. The molecule has 0 saturated heterocycles. The molecule has 0 aliphatic rings. The molecule has 15 heavy (non-hydrogen) atoms. The van der Waals surface area contributed by atoms with Crippen LogP contribution in [0.4, 0.5) is 0 Å². The highest BCUT2D eigenvalue weighted by Crippen LogP contribution is 2.17. The first-order valence-corrected chi connectivity index (χ1v) is 9.60. The fraction of sp³-hybridized carbons (Fsp3) is 0.500. The van der Waals surface area contributed by atoms with Gasteiger partial charge >= 0.3 is 0 Å². The molecule has 82 valence electrons. The first-order chi connectivity index (χ1) is 6.79.